The largest absolute Gasteiger partial charge is 0.497 e. The number of carbonyl (C=O) groups excluding carboxylic acids is 1. The Morgan fingerprint density at radius 3 is 2.70 bits per heavy atom. The van der Waals surface area contributed by atoms with Gasteiger partial charge < -0.3 is 18.9 Å². The van der Waals surface area contributed by atoms with E-state index in [9.17, 15) is 4.79 Å². The standard InChI is InChI=1S/C20H26N4O3/c1-26-17-5-6-18(27-2)16(8-17)9-20(25)23-11-15(12-23)7-19-22-21-13-24(19)10-14-3-4-14/h5-6,8,13-15H,3-4,7,9-12H2,1-2H3. The first-order valence-corrected chi connectivity index (χ1v) is 9.51. The third-order valence-electron chi connectivity index (χ3n) is 5.46. The summed E-state index contributed by atoms with van der Waals surface area (Å²) in [6, 6.07) is 5.55. The average molecular weight is 370 g/mol. The molecule has 0 spiro atoms. The second kappa shape index (κ2) is 7.58. The van der Waals surface area contributed by atoms with Gasteiger partial charge in [0.2, 0.25) is 5.91 Å². The molecule has 1 aromatic carbocycles. The summed E-state index contributed by atoms with van der Waals surface area (Å²) in [4.78, 5) is 14.5. The van der Waals surface area contributed by atoms with E-state index < -0.39 is 0 Å². The van der Waals surface area contributed by atoms with E-state index in [1.807, 2.05) is 29.4 Å². The molecule has 2 heterocycles. The number of carbonyl (C=O) groups is 1. The van der Waals surface area contributed by atoms with Crippen LogP contribution in [0.4, 0.5) is 0 Å². The van der Waals surface area contributed by atoms with E-state index in [2.05, 4.69) is 14.8 Å². The molecule has 2 fully saturated rings. The Kier molecular flexibility index (Phi) is 5.01. The highest BCUT2D eigenvalue weighted by molar-refractivity contribution is 5.80. The number of aromatic nitrogens is 3. The van der Waals surface area contributed by atoms with Crippen molar-refractivity contribution in [2.45, 2.75) is 32.2 Å². The van der Waals surface area contributed by atoms with Gasteiger partial charge >= 0.3 is 0 Å². The molecular weight excluding hydrogens is 344 g/mol. The Balaban J connectivity index is 1.30. The summed E-state index contributed by atoms with van der Waals surface area (Å²) in [5, 5.41) is 8.34. The first-order valence-electron chi connectivity index (χ1n) is 9.51. The van der Waals surface area contributed by atoms with E-state index in [4.69, 9.17) is 9.47 Å². The molecule has 0 atom stereocenters. The van der Waals surface area contributed by atoms with Crippen LogP contribution in [0.3, 0.4) is 0 Å². The van der Waals surface area contributed by atoms with Gasteiger partial charge in [0.05, 0.1) is 20.6 Å². The van der Waals surface area contributed by atoms with Crippen LogP contribution in [0.1, 0.15) is 24.2 Å². The monoisotopic (exact) mass is 370 g/mol. The highest BCUT2D eigenvalue weighted by Gasteiger charge is 2.32. The van der Waals surface area contributed by atoms with Crippen LogP contribution in [0.5, 0.6) is 11.5 Å². The number of methoxy groups -OCH3 is 2. The Morgan fingerprint density at radius 2 is 2.00 bits per heavy atom. The third-order valence-corrected chi connectivity index (χ3v) is 5.46. The number of amides is 1. The van der Waals surface area contributed by atoms with Crippen LogP contribution in [0.15, 0.2) is 24.5 Å². The molecule has 1 amide bonds. The summed E-state index contributed by atoms with van der Waals surface area (Å²) in [6.07, 6.45) is 5.68. The quantitative estimate of drug-likeness (QED) is 0.710. The van der Waals surface area contributed by atoms with Gasteiger partial charge in [0, 0.05) is 37.5 Å². The molecule has 1 aromatic heterocycles. The lowest BCUT2D eigenvalue weighted by Crippen LogP contribution is -2.51. The van der Waals surface area contributed by atoms with Crippen molar-refractivity contribution in [3.63, 3.8) is 0 Å². The van der Waals surface area contributed by atoms with Crippen LogP contribution in [0, 0.1) is 11.8 Å². The second-order valence-electron chi connectivity index (χ2n) is 7.57. The fraction of sp³-hybridized carbons (Fsp3) is 0.550. The van der Waals surface area contributed by atoms with E-state index in [-0.39, 0.29) is 5.91 Å². The minimum Gasteiger partial charge on any atom is -0.497 e. The molecule has 144 valence electrons. The van der Waals surface area contributed by atoms with Gasteiger partial charge in [-0.3, -0.25) is 4.79 Å². The number of ether oxygens (including phenoxy) is 2. The smallest absolute Gasteiger partial charge is 0.227 e. The summed E-state index contributed by atoms with van der Waals surface area (Å²) < 4.78 is 12.8. The minimum atomic E-state index is 0.122. The van der Waals surface area contributed by atoms with E-state index >= 15 is 0 Å². The predicted octanol–water partition coefficient (Wildman–Crippen LogP) is 1.95. The summed E-state index contributed by atoms with van der Waals surface area (Å²) >= 11 is 0. The molecule has 0 bridgehead atoms. The molecule has 1 saturated heterocycles. The molecule has 2 aliphatic rings. The number of rotatable bonds is 8. The van der Waals surface area contributed by atoms with Crippen molar-refractivity contribution >= 4 is 5.91 Å². The van der Waals surface area contributed by atoms with Crippen molar-refractivity contribution < 1.29 is 14.3 Å². The highest BCUT2D eigenvalue weighted by atomic mass is 16.5. The average Bonchev–Trinajstić information content (AvgIpc) is 3.35. The molecule has 0 radical (unpaired) electrons. The number of likely N-dealkylation sites (tertiary alicyclic amines) is 1. The molecule has 0 unspecified atom stereocenters. The van der Waals surface area contributed by atoms with Crippen LogP contribution in [-0.4, -0.2) is 52.9 Å². The Hall–Kier alpha value is -2.57. The van der Waals surface area contributed by atoms with Crippen LogP contribution >= 0.6 is 0 Å². The maximum atomic E-state index is 12.6. The number of benzene rings is 1. The number of hydrogen-bond donors (Lipinski definition) is 0. The minimum absolute atomic E-state index is 0.122. The first-order chi connectivity index (χ1) is 13.2. The van der Waals surface area contributed by atoms with E-state index in [0.717, 1.165) is 54.9 Å². The SMILES string of the molecule is COc1ccc(OC)c(CC(=O)N2CC(Cc3nncn3CC3CC3)C2)c1. The van der Waals surface area contributed by atoms with E-state index in [1.165, 1.54) is 12.8 Å². The Morgan fingerprint density at radius 1 is 1.19 bits per heavy atom. The van der Waals surface area contributed by atoms with Gasteiger partial charge in [0.15, 0.2) is 0 Å². The summed E-state index contributed by atoms with van der Waals surface area (Å²) in [5.41, 5.74) is 0.856. The number of hydrogen-bond acceptors (Lipinski definition) is 5. The molecular formula is C20H26N4O3. The van der Waals surface area contributed by atoms with Gasteiger partial charge in [-0.2, -0.15) is 0 Å². The zero-order valence-corrected chi connectivity index (χ0v) is 15.9. The summed E-state index contributed by atoms with van der Waals surface area (Å²) in [6.45, 7) is 2.59. The molecule has 1 saturated carbocycles. The molecule has 7 nitrogen and oxygen atoms in total. The lowest BCUT2D eigenvalue weighted by atomic mass is 9.95. The second-order valence-corrected chi connectivity index (χ2v) is 7.57. The van der Waals surface area contributed by atoms with Crippen molar-refractivity contribution in [3.05, 3.63) is 35.9 Å². The third kappa shape index (κ3) is 4.07. The molecule has 4 rings (SSSR count). The number of nitrogens with zero attached hydrogens (tertiary/aromatic N) is 4. The lowest BCUT2D eigenvalue weighted by molar-refractivity contribution is -0.136. The van der Waals surface area contributed by atoms with Crippen LogP contribution in [0.2, 0.25) is 0 Å². The summed E-state index contributed by atoms with van der Waals surface area (Å²) in [5.74, 6) is 3.88. The van der Waals surface area contributed by atoms with Gasteiger partial charge in [0.1, 0.15) is 23.7 Å². The fourth-order valence-corrected chi connectivity index (χ4v) is 3.62. The van der Waals surface area contributed by atoms with Crippen LogP contribution < -0.4 is 9.47 Å². The zero-order chi connectivity index (χ0) is 18.8. The van der Waals surface area contributed by atoms with Gasteiger partial charge in [-0.1, -0.05) is 0 Å². The normalized spacial score (nSPS) is 16.9. The van der Waals surface area contributed by atoms with Crippen molar-refractivity contribution in [2.75, 3.05) is 27.3 Å². The van der Waals surface area contributed by atoms with E-state index in [0.29, 0.717) is 12.3 Å². The Labute approximate surface area is 159 Å². The lowest BCUT2D eigenvalue weighted by Gasteiger charge is -2.39. The zero-order valence-electron chi connectivity index (χ0n) is 15.9. The van der Waals surface area contributed by atoms with Gasteiger partial charge in [-0.15, -0.1) is 10.2 Å². The van der Waals surface area contributed by atoms with Crippen LogP contribution in [0.25, 0.3) is 0 Å². The Bertz CT molecular complexity index is 809. The molecule has 1 aliphatic carbocycles. The van der Waals surface area contributed by atoms with Crippen LogP contribution in [-0.2, 0) is 24.2 Å². The highest BCUT2D eigenvalue weighted by Crippen LogP contribution is 2.31. The maximum Gasteiger partial charge on any atom is 0.227 e. The van der Waals surface area contributed by atoms with Gasteiger partial charge in [-0.25, -0.2) is 0 Å². The van der Waals surface area contributed by atoms with Gasteiger partial charge in [-0.05, 0) is 37.0 Å². The van der Waals surface area contributed by atoms with Crippen molar-refractivity contribution in [3.8, 4) is 11.5 Å². The summed E-state index contributed by atoms with van der Waals surface area (Å²) in [7, 11) is 3.24. The molecule has 27 heavy (non-hydrogen) atoms. The van der Waals surface area contributed by atoms with Crippen molar-refractivity contribution in [1.82, 2.24) is 19.7 Å². The fourth-order valence-electron chi connectivity index (χ4n) is 3.62. The maximum absolute atomic E-state index is 12.6. The molecule has 2 aromatic rings. The molecule has 1 aliphatic heterocycles. The first kappa shape index (κ1) is 17.8. The van der Waals surface area contributed by atoms with Crippen molar-refractivity contribution in [2.24, 2.45) is 11.8 Å². The van der Waals surface area contributed by atoms with Gasteiger partial charge in [0.25, 0.3) is 0 Å². The molecule has 7 heteroatoms. The topological polar surface area (TPSA) is 69.5 Å². The van der Waals surface area contributed by atoms with Crippen molar-refractivity contribution in [1.29, 1.82) is 0 Å². The predicted molar refractivity (Wildman–Crippen MR) is 99.8 cm³/mol. The van der Waals surface area contributed by atoms with E-state index in [1.54, 1.807) is 14.2 Å². The molecule has 0 N–H and O–H groups in total.